The average Bonchev–Trinajstić information content (AvgIpc) is 3.16. The van der Waals surface area contributed by atoms with Gasteiger partial charge in [-0.2, -0.15) is 0 Å². The van der Waals surface area contributed by atoms with Crippen molar-refractivity contribution in [3.63, 3.8) is 0 Å². The number of carbonyl (C=O) groups excluding carboxylic acids is 2. The number of aliphatic carboxylic acids is 1. The van der Waals surface area contributed by atoms with Crippen LogP contribution in [0.2, 0.25) is 0 Å². The largest absolute Gasteiger partial charge is 0.481 e. The van der Waals surface area contributed by atoms with E-state index in [0.717, 1.165) is 0 Å². The summed E-state index contributed by atoms with van der Waals surface area (Å²) >= 11 is 0. The zero-order valence-electron chi connectivity index (χ0n) is 11.3. The van der Waals surface area contributed by atoms with Gasteiger partial charge in [-0.1, -0.05) is 0 Å². The Bertz CT molecular complexity index is 355. The molecule has 7 nitrogen and oxygen atoms in total. The molecule has 1 atom stereocenters. The minimum absolute atomic E-state index is 0.194. The van der Waals surface area contributed by atoms with E-state index in [-0.39, 0.29) is 18.9 Å². The van der Waals surface area contributed by atoms with E-state index in [2.05, 4.69) is 15.5 Å². The summed E-state index contributed by atoms with van der Waals surface area (Å²) < 4.78 is 0. The van der Waals surface area contributed by atoms with Crippen molar-refractivity contribution in [1.82, 2.24) is 15.5 Å². The normalized spacial score (nSPS) is 15.9. The van der Waals surface area contributed by atoms with E-state index >= 15 is 0 Å². The van der Waals surface area contributed by atoms with E-state index in [1.165, 1.54) is 12.8 Å². The molecule has 1 aliphatic rings. The zero-order chi connectivity index (χ0) is 14.4. The van der Waals surface area contributed by atoms with Crippen molar-refractivity contribution in [2.45, 2.75) is 44.7 Å². The number of carboxylic acids is 1. The molecule has 0 heterocycles. The quantitative estimate of drug-likeness (QED) is 0.612. The van der Waals surface area contributed by atoms with Crippen LogP contribution in [0.25, 0.3) is 0 Å². The first kappa shape index (κ1) is 15.4. The highest BCUT2D eigenvalue weighted by molar-refractivity contribution is 5.95. The molecule has 1 rings (SSSR count). The fraction of sp³-hybridized carbons (Fsp3) is 0.750. The average molecular weight is 271 g/mol. The van der Waals surface area contributed by atoms with Gasteiger partial charge in [0.25, 0.3) is 0 Å². The Morgan fingerprint density at radius 2 is 1.95 bits per heavy atom. The molecule has 0 aromatic heterocycles. The van der Waals surface area contributed by atoms with Gasteiger partial charge in [-0.05, 0) is 26.8 Å². The number of hydrogen-bond acceptors (Lipinski definition) is 4. The number of likely N-dealkylation sites (N-methyl/N-ethyl adjacent to an activating group) is 1. The van der Waals surface area contributed by atoms with Crippen molar-refractivity contribution < 1.29 is 19.5 Å². The molecule has 0 bridgehead atoms. The van der Waals surface area contributed by atoms with Crippen LogP contribution in [0.3, 0.4) is 0 Å². The molecule has 19 heavy (non-hydrogen) atoms. The Labute approximate surface area is 112 Å². The lowest BCUT2D eigenvalue weighted by molar-refractivity contribution is -0.138. The molecule has 3 amide bonds. The van der Waals surface area contributed by atoms with Crippen LogP contribution in [0.1, 0.15) is 32.6 Å². The highest BCUT2D eigenvalue weighted by Gasteiger charge is 2.29. The predicted octanol–water partition coefficient (Wildman–Crippen LogP) is 0.160. The third-order valence-corrected chi connectivity index (χ3v) is 3.20. The highest BCUT2D eigenvalue weighted by atomic mass is 16.4. The molecule has 0 saturated heterocycles. The summed E-state index contributed by atoms with van der Waals surface area (Å²) in [5, 5.41) is 13.1. The summed E-state index contributed by atoms with van der Waals surface area (Å²) in [6, 6.07) is 0.232. The maximum atomic E-state index is 11.4. The fourth-order valence-electron chi connectivity index (χ4n) is 1.68. The Morgan fingerprint density at radius 1 is 1.32 bits per heavy atom. The van der Waals surface area contributed by atoms with Gasteiger partial charge in [0.1, 0.15) is 0 Å². The highest BCUT2D eigenvalue weighted by Crippen LogP contribution is 2.26. The van der Waals surface area contributed by atoms with Crippen LogP contribution in [0.4, 0.5) is 4.79 Å². The van der Waals surface area contributed by atoms with Crippen molar-refractivity contribution >= 4 is 17.9 Å². The van der Waals surface area contributed by atoms with Crippen LogP contribution in [0.5, 0.6) is 0 Å². The molecule has 108 valence electrons. The maximum absolute atomic E-state index is 11.4. The molecule has 0 aromatic carbocycles. The first-order chi connectivity index (χ1) is 8.90. The van der Waals surface area contributed by atoms with Crippen LogP contribution < -0.4 is 10.6 Å². The van der Waals surface area contributed by atoms with Gasteiger partial charge in [0.05, 0.1) is 6.42 Å². The SMILES string of the molecule is CC(CNC(=O)NC(=O)CCC(=O)O)N(C)C1CC1. The molecule has 1 aliphatic carbocycles. The summed E-state index contributed by atoms with van der Waals surface area (Å²) in [6.07, 6.45) is 1.92. The van der Waals surface area contributed by atoms with E-state index in [1.807, 2.05) is 14.0 Å². The summed E-state index contributed by atoms with van der Waals surface area (Å²) in [7, 11) is 2.01. The molecule has 1 saturated carbocycles. The van der Waals surface area contributed by atoms with E-state index < -0.39 is 17.9 Å². The van der Waals surface area contributed by atoms with Crippen LogP contribution >= 0.6 is 0 Å². The molecular weight excluding hydrogens is 250 g/mol. The van der Waals surface area contributed by atoms with Gasteiger partial charge >= 0.3 is 12.0 Å². The molecular formula is C12H21N3O4. The summed E-state index contributed by atoms with van der Waals surface area (Å²) in [5.74, 6) is -1.64. The standard InChI is InChI=1S/C12H21N3O4/c1-8(15(2)9-3-4-9)7-13-12(19)14-10(16)5-6-11(17)18/h8-9H,3-7H2,1-2H3,(H,17,18)(H2,13,14,16,19). The van der Waals surface area contributed by atoms with Crippen LogP contribution in [0.15, 0.2) is 0 Å². The van der Waals surface area contributed by atoms with E-state index in [4.69, 9.17) is 5.11 Å². The Kier molecular flexibility index (Phi) is 5.75. The second-order valence-corrected chi connectivity index (χ2v) is 4.90. The number of nitrogens with zero attached hydrogens (tertiary/aromatic N) is 1. The number of imide groups is 1. The lowest BCUT2D eigenvalue weighted by atomic mass is 10.3. The molecule has 0 spiro atoms. The first-order valence-corrected chi connectivity index (χ1v) is 6.41. The van der Waals surface area contributed by atoms with Crippen LogP contribution in [0, 0.1) is 0 Å². The zero-order valence-corrected chi connectivity index (χ0v) is 11.3. The smallest absolute Gasteiger partial charge is 0.321 e. The van der Waals surface area contributed by atoms with Crippen molar-refractivity contribution in [3.05, 3.63) is 0 Å². The summed E-state index contributed by atoms with van der Waals surface area (Å²) in [5.41, 5.74) is 0. The second-order valence-electron chi connectivity index (χ2n) is 4.90. The van der Waals surface area contributed by atoms with E-state index in [1.54, 1.807) is 0 Å². The van der Waals surface area contributed by atoms with Crippen molar-refractivity contribution in [3.8, 4) is 0 Å². The molecule has 1 fully saturated rings. The van der Waals surface area contributed by atoms with E-state index in [0.29, 0.717) is 12.6 Å². The number of carbonyl (C=O) groups is 3. The van der Waals surface area contributed by atoms with Crippen LogP contribution in [-0.2, 0) is 9.59 Å². The van der Waals surface area contributed by atoms with Crippen LogP contribution in [-0.4, -0.2) is 53.6 Å². The molecule has 3 N–H and O–H groups in total. The monoisotopic (exact) mass is 271 g/mol. The van der Waals surface area contributed by atoms with Gasteiger partial charge in [0.15, 0.2) is 0 Å². The van der Waals surface area contributed by atoms with Gasteiger partial charge in [0, 0.05) is 25.0 Å². The number of hydrogen-bond donors (Lipinski definition) is 3. The molecule has 7 heteroatoms. The Balaban J connectivity index is 2.16. The summed E-state index contributed by atoms with van der Waals surface area (Å²) in [4.78, 5) is 35.1. The van der Waals surface area contributed by atoms with E-state index in [9.17, 15) is 14.4 Å². The van der Waals surface area contributed by atoms with Crippen molar-refractivity contribution in [1.29, 1.82) is 0 Å². The van der Waals surface area contributed by atoms with Gasteiger partial charge in [-0.3, -0.25) is 19.8 Å². The lowest BCUT2D eigenvalue weighted by Gasteiger charge is -2.24. The summed E-state index contributed by atoms with van der Waals surface area (Å²) in [6.45, 7) is 2.45. The minimum Gasteiger partial charge on any atom is -0.481 e. The van der Waals surface area contributed by atoms with Gasteiger partial charge in [0.2, 0.25) is 5.91 Å². The number of urea groups is 1. The van der Waals surface area contributed by atoms with Gasteiger partial charge in [-0.25, -0.2) is 4.79 Å². The third-order valence-electron chi connectivity index (χ3n) is 3.20. The van der Waals surface area contributed by atoms with Gasteiger partial charge in [-0.15, -0.1) is 0 Å². The molecule has 0 aliphatic heterocycles. The lowest BCUT2D eigenvalue weighted by Crippen LogP contribution is -2.46. The number of nitrogens with one attached hydrogen (secondary N) is 2. The number of amides is 3. The fourth-order valence-corrected chi connectivity index (χ4v) is 1.68. The number of rotatable bonds is 7. The minimum atomic E-state index is -1.06. The second kappa shape index (κ2) is 7.08. The third kappa shape index (κ3) is 6.19. The number of carboxylic acid groups (broad SMARTS) is 1. The Hall–Kier alpha value is -1.63. The maximum Gasteiger partial charge on any atom is 0.321 e. The molecule has 1 unspecified atom stereocenters. The van der Waals surface area contributed by atoms with Crippen molar-refractivity contribution in [2.24, 2.45) is 0 Å². The first-order valence-electron chi connectivity index (χ1n) is 6.41. The molecule has 0 aromatic rings. The Morgan fingerprint density at radius 3 is 2.47 bits per heavy atom. The van der Waals surface area contributed by atoms with Gasteiger partial charge < -0.3 is 10.4 Å². The predicted molar refractivity (Wildman–Crippen MR) is 68.7 cm³/mol. The topological polar surface area (TPSA) is 98.7 Å². The van der Waals surface area contributed by atoms with Crippen molar-refractivity contribution in [2.75, 3.05) is 13.6 Å². The molecule has 0 radical (unpaired) electrons.